The lowest BCUT2D eigenvalue weighted by Gasteiger charge is -1.85. The van der Waals surface area contributed by atoms with E-state index in [4.69, 9.17) is 10.2 Å². The number of rotatable bonds is 1. The van der Waals surface area contributed by atoms with Crippen LogP contribution in [-0.4, -0.2) is 27.2 Å². The van der Waals surface area contributed by atoms with Gasteiger partial charge in [0.15, 0.2) is 5.89 Å². The van der Waals surface area contributed by atoms with E-state index in [2.05, 4.69) is 4.98 Å². The molecule has 1 amide bonds. The Morgan fingerprint density at radius 3 is 2.60 bits per heavy atom. The second kappa shape index (κ2) is 2.45. The van der Waals surface area contributed by atoms with E-state index in [0.717, 1.165) is 0 Å². The molecule has 1 rings (SSSR count). The standard InChI is InChI=1S/C5H5N2O2.Al.2H/c1-3-7-4(2-9-3)5(6)8;;;/h1H3,(H2,6,8);;;. The average Bonchev–Trinajstić information content (AvgIpc) is 2.10. The van der Waals surface area contributed by atoms with Crippen LogP contribution in [0.5, 0.6) is 0 Å². The van der Waals surface area contributed by atoms with E-state index in [1.54, 1.807) is 6.92 Å². The van der Waals surface area contributed by atoms with Crippen LogP contribution in [0.4, 0.5) is 0 Å². The molecule has 0 aliphatic carbocycles. The van der Waals surface area contributed by atoms with Crippen LogP contribution in [0.25, 0.3) is 0 Å². The van der Waals surface area contributed by atoms with E-state index >= 15 is 0 Å². The molecule has 1 heterocycles. The molecule has 1 aromatic heterocycles. The summed E-state index contributed by atoms with van der Waals surface area (Å²) in [6.07, 6.45) is 0. The summed E-state index contributed by atoms with van der Waals surface area (Å²) in [6, 6.07) is 0. The Morgan fingerprint density at radius 2 is 2.40 bits per heavy atom. The zero-order valence-electron chi connectivity index (χ0n) is 5.84. The second-order valence-electron chi connectivity index (χ2n) is 2.00. The number of oxazole rings is 1. The lowest BCUT2D eigenvalue weighted by atomic mass is 10.5. The van der Waals surface area contributed by atoms with Crippen LogP contribution in [0, 0.1) is 6.92 Å². The second-order valence-corrected chi connectivity index (χ2v) is 2.91. The fourth-order valence-corrected chi connectivity index (χ4v) is 1.41. The number of nitrogens with two attached hydrogens (primary N) is 1. The summed E-state index contributed by atoms with van der Waals surface area (Å²) >= 11 is 0.664. The number of nitrogens with zero attached hydrogens (tertiary/aromatic N) is 1. The molecular formula is C5H7AlN2O2. The molecule has 0 radical (unpaired) electrons. The number of amides is 1. The molecule has 10 heavy (non-hydrogen) atoms. The summed E-state index contributed by atoms with van der Waals surface area (Å²) in [5, 5.41) is 0. The largest absolute Gasteiger partial charge is 0.465 e. The Kier molecular flexibility index (Phi) is 1.79. The zero-order valence-corrected chi connectivity index (χ0v) is 7.84. The van der Waals surface area contributed by atoms with Gasteiger partial charge in [-0.25, -0.2) is 4.98 Å². The van der Waals surface area contributed by atoms with E-state index in [1.807, 2.05) is 0 Å². The maximum absolute atomic E-state index is 10.6. The lowest BCUT2D eigenvalue weighted by molar-refractivity contribution is 0.0997. The third-order valence-electron chi connectivity index (χ3n) is 1.14. The Morgan fingerprint density at radius 1 is 1.80 bits per heavy atom. The van der Waals surface area contributed by atoms with Crippen molar-refractivity contribution in [2.24, 2.45) is 5.73 Å². The first-order valence-electron chi connectivity index (χ1n) is 2.85. The van der Waals surface area contributed by atoms with Crippen LogP contribution in [0.3, 0.4) is 0 Å². The molecule has 0 aliphatic heterocycles. The summed E-state index contributed by atoms with van der Waals surface area (Å²) in [5.74, 6) is -0.0133. The number of carbonyl (C=O) groups is 1. The van der Waals surface area contributed by atoms with Crippen LogP contribution >= 0.6 is 0 Å². The Bertz CT molecular complexity index is 269. The molecule has 0 aromatic carbocycles. The summed E-state index contributed by atoms with van der Waals surface area (Å²) in [5.41, 5.74) is 5.27. The number of hydrogen-bond acceptors (Lipinski definition) is 3. The first-order valence-corrected chi connectivity index (χ1v) is 3.85. The normalized spacial score (nSPS) is 9.70. The van der Waals surface area contributed by atoms with Crippen molar-refractivity contribution < 1.29 is 9.21 Å². The van der Waals surface area contributed by atoms with Gasteiger partial charge in [0.2, 0.25) is 0 Å². The van der Waals surface area contributed by atoms with E-state index < -0.39 is 5.91 Å². The Labute approximate surface area is 65.8 Å². The van der Waals surface area contributed by atoms with Crippen molar-refractivity contribution in [3.8, 4) is 0 Å². The molecule has 0 bridgehead atoms. The van der Waals surface area contributed by atoms with Gasteiger partial charge in [0.25, 0.3) is 5.91 Å². The van der Waals surface area contributed by atoms with Crippen LogP contribution in [0.1, 0.15) is 16.4 Å². The van der Waals surface area contributed by atoms with E-state index in [0.29, 0.717) is 26.8 Å². The fourth-order valence-electron chi connectivity index (χ4n) is 0.757. The molecular weight excluding hydrogens is 147 g/mol. The SMILES string of the molecule is Cc1nc(C(N)=O)[c]([AlH2])o1. The van der Waals surface area contributed by atoms with Gasteiger partial charge in [-0.2, -0.15) is 0 Å². The fraction of sp³-hybridized carbons (Fsp3) is 0.200. The highest BCUT2D eigenvalue weighted by Crippen LogP contribution is 1.93. The maximum atomic E-state index is 10.6. The van der Waals surface area contributed by atoms with Crippen LogP contribution in [-0.2, 0) is 0 Å². The molecule has 0 atom stereocenters. The minimum atomic E-state index is -0.512. The topological polar surface area (TPSA) is 69.1 Å². The lowest BCUT2D eigenvalue weighted by Crippen LogP contribution is -2.20. The predicted molar refractivity (Wildman–Crippen MR) is 37.9 cm³/mol. The minimum Gasteiger partial charge on any atom is -0.465 e. The van der Waals surface area contributed by atoms with E-state index in [-0.39, 0.29) is 5.69 Å². The van der Waals surface area contributed by atoms with Gasteiger partial charge in [-0.1, -0.05) is 0 Å². The van der Waals surface area contributed by atoms with Gasteiger partial charge in [-0.15, -0.1) is 0 Å². The van der Waals surface area contributed by atoms with Gasteiger partial charge in [0.1, 0.15) is 5.69 Å². The number of aromatic nitrogens is 1. The molecule has 0 saturated heterocycles. The molecule has 0 saturated carbocycles. The van der Waals surface area contributed by atoms with Crippen LogP contribution in [0.15, 0.2) is 4.42 Å². The molecule has 0 unspecified atom stereocenters. The quantitative estimate of drug-likeness (QED) is 0.492. The molecule has 1 aromatic rings. The highest BCUT2D eigenvalue weighted by Gasteiger charge is 2.09. The third kappa shape index (κ3) is 1.20. The van der Waals surface area contributed by atoms with Gasteiger partial charge < -0.3 is 10.2 Å². The maximum Gasteiger partial charge on any atom is 0.322 e. The molecule has 0 spiro atoms. The van der Waals surface area contributed by atoms with Crippen molar-refractivity contribution in [1.82, 2.24) is 4.98 Å². The van der Waals surface area contributed by atoms with Crippen LogP contribution in [0.2, 0.25) is 0 Å². The van der Waals surface area contributed by atoms with Gasteiger partial charge in [0, 0.05) is 11.5 Å². The van der Waals surface area contributed by atoms with Gasteiger partial charge in [-0.05, 0) is 0 Å². The third-order valence-corrected chi connectivity index (χ3v) is 1.81. The summed E-state index contributed by atoms with van der Waals surface area (Å²) < 4.78 is 5.64. The Hall–Kier alpha value is -0.788. The summed E-state index contributed by atoms with van der Waals surface area (Å²) in [7, 11) is 0. The van der Waals surface area contributed by atoms with Crippen molar-refractivity contribution in [3.05, 3.63) is 11.6 Å². The smallest absolute Gasteiger partial charge is 0.322 e. The van der Waals surface area contributed by atoms with Gasteiger partial charge in [-0.3, -0.25) is 4.79 Å². The highest BCUT2D eigenvalue weighted by molar-refractivity contribution is 6.33. The van der Waals surface area contributed by atoms with Crippen LogP contribution < -0.4 is 10.4 Å². The monoisotopic (exact) mass is 154 g/mol. The first-order chi connectivity index (χ1) is 4.61. The number of hydrogen-bond donors (Lipinski definition) is 1. The average molecular weight is 154 g/mol. The molecule has 52 valence electrons. The van der Waals surface area contributed by atoms with Crippen molar-refractivity contribution in [1.29, 1.82) is 0 Å². The van der Waals surface area contributed by atoms with Crippen molar-refractivity contribution >= 4 is 26.8 Å². The zero-order chi connectivity index (χ0) is 7.72. The highest BCUT2D eigenvalue weighted by atomic mass is 27.0. The van der Waals surface area contributed by atoms with Crippen molar-refractivity contribution in [2.75, 3.05) is 0 Å². The molecule has 5 heteroatoms. The van der Waals surface area contributed by atoms with E-state index in [9.17, 15) is 4.79 Å². The van der Waals surface area contributed by atoms with Gasteiger partial charge in [0.05, 0.1) is 0 Å². The number of carbonyl (C=O) groups excluding carboxylic acids is 1. The Balaban J connectivity index is 3.15. The predicted octanol–water partition coefficient (Wildman–Crippen LogP) is -1.66. The molecule has 2 N–H and O–H groups in total. The molecule has 0 fully saturated rings. The molecule has 4 nitrogen and oxygen atoms in total. The van der Waals surface area contributed by atoms with Gasteiger partial charge >= 0.3 is 16.3 Å². The van der Waals surface area contributed by atoms with Crippen molar-refractivity contribution in [2.45, 2.75) is 6.92 Å². The summed E-state index contributed by atoms with van der Waals surface area (Å²) in [4.78, 5) is 14.4. The number of aryl methyl sites for hydroxylation is 1. The molecule has 0 aliphatic rings. The van der Waals surface area contributed by atoms with E-state index in [1.165, 1.54) is 0 Å². The summed E-state index contributed by atoms with van der Waals surface area (Å²) in [6.45, 7) is 1.69. The minimum absolute atomic E-state index is 0.282. The number of primary amides is 1. The van der Waals surface area contributed by atoms with Crippen molar-refractivity contribution in [3.63, 3.8) is 0 Å². The first kappa shape index (κ1) is 7.32.